The number of hydrogen-bond acceptors (Lipinski definition) is 3. The minimum absolute atomic E-state index is 0.238. The van der Waals surface area contributed by atoms with Gasteiger partial charge in [-0.25, -0.2) is 4.98 Å². The quantitative estimate of drug-likeness (QED) is 0.509. The molecule has 0 radical (unpaired) electrons. The molecule has 0 aliphatic rings. The zero-order valence-corrected chi connectivity index (χ0v) is 4.90. The van der Waals surface area contributed by atoms with Crippen molar-refractivity contribution < 1.29 is 5.11 Å². The topological polar surface area (TPSA) is 55.1 Å². The van der Waals surface area contributed by atoms with Crippen LogP contribution in [0.3, 0.4) is 0 Å². The molecule has 1 rings (SSSR count). The molecule has 0 atom stereocenters. The van der Waals surface area contributed by atoms with E-state index in [1.807, 2.05) is 0 Å². The first-order valence-electron chi connectivity index (χ1n) is 2.42. The summed E-state index contributed by atoms with van der Waals surface area (Å²) in [5.74, 6) is -0.238. The second-order valence-corrected chi connectivity index (χ2v) is 1.70. The molecule has 9 heavy (non-hydrogen) atoms. The number of hydrogen-bond donors (Lipinski definition) is 1. The van der Waals surface area contributed by atoms with Gasteiger partial charge in [-0.2, -0.15) is 0 Å². The van der Waals surface area contributed by atoms with Crippen LogP contribution in [-0.4, -0.2) is 14.7 Å². The lowest BCUT2D eigenvalue weighted by Crippen LogP contribution is -2.14. The van der Waals surface area contributed by atoms with Crippen LogP contribution in [0.1, 0.15) is 0 Å². The molecule has 1 N–H and O–H groups in total. The molecule has 0 unspecified atom stereocenters. The highest BCUT2D eigenvalue weighted by Crippen LogP contribution is 1.92. The molecule has 1 heterocycles. The van der Waals surface area contributed by atoms with Crippen LogP contribution in [0, 0.1) is 0 Å². The molecule has 4 heteroatoms. The van der Waals surface area contributed by atoms with Crippen LogP contribution >= 0.6 is 0 Å². The van der Waals surface area contributed by atoms with Gasteiger partial charge in [0.1, 0.15) is 6.33 Å². The van der Waals surface area contributed by atoms with E-state index in [1.165, 1.54) is 10.9 Å². The zero-order valence-electron chi connectivity index (χ0n) is 4.90. The van der Waals surface area contributed by atoms with Crippen molar-refractivity contribution >= 4 is 0 Å². The first-order valence-corrected chi connectivity index (χ1v) is 2.42. The van der Waals surface area contributed by atoms with Crippen LogP contribution in [-0.2, 0) is 7.05 Å². The number of rotatable bonds is 0. The van der Waals surface area contributed by atoms with E-state index in [0.717, 1.165) is 6.07 Å². The van der Waals surface area contributed by atoms with Crippen molar-refractivity contribution in [2.75, 3.05) is 0 Å². The Morgan fingerprint density at radius 1 is 1.78 bits per heavy atom. The van der Waals surface area contributed by atoms with Crippen molar-refractivity contribution in [3.63, 3.8) is 0 Å². The van der Waals surface area contributed by atoms with Gasteiger partial charge < -0.3 is 9.67 Å². The SMILES string of the molecule is Cn1cnc(O)cc1=O. The lowest BCUT2D eigenvalue weighted by molar-refractivity contribution is 0.448. The number of aryl methyl sites for hydroxylation is 1. The molecule has 0 aliphatic carbocycles. The van der Waals surface area contributed by atoms with Gasteiger partial charge in [-0.1, -0.05) is 0 Å². The largest absolute Gasteiger partial charge is 0.493 e. The van der Waals surface area contributed by atoms with Crippen LogP contribution in [0.5, 0.6) is 5.88 Å². The van der Waals surface area contributed by atoms with E-state index in [4.69, 9.17) is 5.11 Å². The Kier molecular flexibility index (Phi) is 1.22. The summed E-state index contributed by atoms with van der Waals surface area (Å²) in [4.78, 5) is 14.1. The van der Waals surface area contributed by atoms with E-state index in [2.05, 4.69) is 4.98 Å². The van der Waals surface area contributed by atoms with Gasteiger partial charge in [0.25, 0.3) is 5.56 Å². The summed E-state index contributed by atoms with van der Waals surface area (Å²) in [6.07, 6.45) is 1.26. The fraction of sp³-hybridized carbons (Fsp3) is 0.200. The predicted molar refractivity (Wildman–Crippen MR) is 31.1 cm³/mol. The Hall–Kier alpha value is -1.32. The monoisotopic (exact) mass is 126 g/mol. The number of nitrogens with zero attached hydrogens (tertiary/aromatic N) is 2. The third-order valence-corrected chi connectivity index (χ3v) is 0.963. The van der Waals surface area contributed by atoms with Gasteiger partial charge >= 0.3 is 0 Å². The van der Waals surface area contributed by atoms with Crippen molar-refractivity contribution in [2.24, 2.45) is 7.05 Å². The predicted octanol–water partition coefficient (Wildman–Crippen LogP) is -0.514. The van der Waals surface area contributed by atoms with E-state index in [-0.39, 0.29) is 11.4 Å². The molecule has 0 saturated heterocycles. The highest BCUT2D eigenvalue weighted by atomic mass is 16.3. The summed E-state index contributed by atoms with van der Waals surface area (Å²) in [7, 11) is 1.56. The summed E-state index contributed by atoms with van der Waals surface area (Å²) in [6, 6.07) is 1.06. The van der Waals surface area contributed by atoms with Crippen molar-refractivity contribution in [2.45, 2.75) is 0 Å². The normalized spacial score (nSPS) is 9.44. The molecule has 4 nitrogen and oxygen atoms in total. The summed E-state index contributed by atoms with van der Waals surface area (Å²) >= 11 is 0. The van der Waals surface area contributed by atoms with Crippen LogP contribution in [0.2, 0.25) is 0 Å². The first kappa shape index (κ1) is 5.81. The van der Waals surface area contributed by atoms with E-state index in [0.29, 0.717) is 0 Å². The van der Waals surface area contributed by atoms with Gasteiger partial charge in [0.15, 0.2) is 0 Å². The molecule has 0 bridgehead atoms. The third-order valence-electron chi connectivity index (χ3n) is 0.963. The van der Waals surface area contributed by atoms with Crippen LogP contribution in [0.15, 0.2) is 17.2 Å². The highest BCUT2D eigenvalue weighted by molar-refractivity contribution is 5.02. The summed E-state index contributed by atoms with van der Waals surface area (Å²) in [5, 5.41) is 8.61. The molecule has 0 spiro atoms. The molecule has 1 aromatic rings. The molecule has 1 aromatic heterocycles. The third kappa shape index (κ3) is 1.07. The molecule has 0 aromatic carbocycles. The minimum atomic E-state index is -0.262. The van der Waals surface area contributed by atoms with Crippen molar-refractivity contribution in [3.8, 4) is 5.88 Å². The molecule has 0 saturated carbocycles. The first-order chi connectivity index (χ1) is 4.20. The Balaban J connectivity index is 3.34. The Labute approximate surface area is 51.4 Å². The summed E-state index contributed by atoms with van der Waals surface area (Å²) in [5.41, 5.74) is -0.262. The molecule has 0 aliphatic heterocycles. The Morgan fingerprint density at radius 2 is 2.44 bits per heavy atom. The van der Waals surface area contributed by atoms with Crippen molar-refractivity contribution in [3.05, 3.63) is 22.7 Å². The second kappa shape index (κ2) is 1.89. The lowest BCUT2D eigenvalue weighted by atomic mass is 10.6. The maximum Gasteiger partial charge on any atom is 0.256 e. The van der Waals surface area contributed by atoms with Crippen LogP contribution < -0.4 is 5.56 Å². The molecule has 0 amide bonds. The van der Waals surface area contributed by atoms with Gasteiger partial charge in [0.2, 0.25) is 5.88 Å². The smallest absolute Gasteiger partial charge is 0.256 e. The fourth-order valence-corrected chi connectivity index (χ4v) is 0.452. The van der Waals surface area contributed by atoms with Gasteiger partial charge in [-0.05, 0) is 0 Å². The van der Waals surface area contributed by atoms with Gasteiger partial charge in [-0.3, -0.25) is 4.79 Å². The standard InChI is InChI=1S/C5H6N2O2/c1-7-3-6-4(8)2-5(7)9/h2-3,8H,1H3. The van der Waals surface area contributed by atoms with Gasteiger partial charge in [-0.15, -0.1) is 0 Å². The average Bonchev–Trinajstić information content (AvgIpc) is 1.80. The summed E-state index contributed by atoms with van der Waals surface area (Å²) in [6.45, 7) is 0. The zero-order chi connectivity index (χ0) is 6.85. The van der Waals surface area contributed by atoms with Gasteiger partial charge in [0, 0.05) is 7.05 Å². The second-order valence-electron chi connectivity index (χ2n) is 1.70. The average molecular weight is 126 g/mol. The fourth-order valence-electron chi connectivity index (χ4n) is 0.452. The maximum atomic E-state index is 10.6. The van der Waals surface area contributed by atoms with E-state index < -0.39 is 0 Å². The van der Waals surface area contributed by atoms with Crippen molar-refractivity contribution in [1.82, 2.24) is 9.55 Å². The van der Waals surface area contributed by atoms with Gasteiger partial charge in [0.05, 0.1) is 6.07 Å². The maximum absolute atomic E-state index is 10.6. The Morgan fingerprint density at radius 3 is 2.89 bits per heavy atom. The minimum Gasteiger partial charge on any atom is -0.493 e. The summed E-state index contributed by atoms with van der Waals surface area (Å²) < 4.78 is 1.28. The van der Waals surface area contributed by atoms with E-state index in [1.54, 1.807) is 7.05 Å². The van der Waals surface area contributed by atoms with Crippen LogP contribution in [0.25, 0.3) is 0 Å². The molecular weight excluding hydrogens is 120 g/mol. The Bertz CT molecular complexity index is 266. The highest BCUT2D eigenvalue weighted by Gasteiger charge is 1.90. The molecule has 0 fully saturated rings. The molecular formula is C5H6N2O2. The number of aromatic hydroxyl groups is 1. The van der Waals surface area contributed by atoms with Crippen LogP contribution in [0.4, 0.5) is 0 Å². The number of aromatic nitrogens is 2. The lowest BCUT2D eigenvalue weighted by Gasteiger charge is -1.92. The van der Waals surface area contributed by atoms with E-state index >= 15 is 0 Å². The van der Waals surface area contributed by atoms with Crippen molar-refractivity contribution in [1.29, 1.82) is 0 Å². The molecule has 48 valence electrons. The van der Waals surface area contributed by atoms with E-state index in [9.17, 15) is 4.79 Å².